The number of benzene rings is 2. The molecule has 0 spiro atoms. The van der Waals surface area contributed by atoms with E-state index in [1.165, 1.54) is 19.9 Å². The Hall–Kier alpha value is -3.74. The Bertz CT molecular complexity index is 944. The summed E-state index contributed by atoms with van der Waals surface area (Å²) < 4.78 is 4.90. The number of anilines is 2. The SMILES string of the molecule is CCOC(=O)c1ccc(NC(=O)/C(C)=C/C(=O)Nc2ccc(C(C)=O)cc2)cc1. The Balaban J connectivity index is 1.96. The highest BCUT2D eigenvalue weighted by Gasteiger charge is 2.10. The Morgan fingerprint density at radius 3 is 1.86 bits per heavy atom. The maximum absolute atomic E-state index is 12.3. The van der Waals surface area contributed by atoms with Crippen LogP contribution in [0.15, 0.2) is 60.2 Å². The summed E-state index contributed by atoms with van der Waals surface area (Å²) in [5, 5.41) is 5.28. The lowest BCUT2D eigenvalue weighted by Gasteiger charge is -2.07. The fraction of sp³-hybridized carbons (Fsp3) is 0.182. The standard InChI is InChI=1S/C22H22N2O5/c1-4-29-22(28)17-7-11-19(12-8-17)24-21(27)14(2)13-20(26)23-18-9-5-16(6-10-18)15(3)25/h5-13H,4H2,1-3H3,(H,23,26)(H,24,27)/b14-13+. The van der Waals surface area contributed by atoms with Crippen LogP contribution in [0.25, 0.3) is 0 Å². The van der Waals surface area contributed by atoms with E-state index in [0.717, 1.165) is 0 Å². The molecule has 0 aromatic heterocycles. The first-order valence-corrected chi connectivity index (χ1v) is 8.99. The fourth-order valence-electron chi connectivity index (χ4n) is 2.36. The molecule has 2 amide bonds. The molecule has 150 valence electrons. The van der Waals surface area contributed by atoms with Crippen LogP contribution in [0, 0.1) is 0 Å². The molecule has 0 saturated carbocycles. The largest absolute Gasteiger partial charge is 0.462 e. The summed E-state index contributed by atoms with van der Waals surface area (Å²) in [4.78, 5) is 47.2. The summed E-state index contributed by atoms with van der Waals surface area (Å²) in [5.41, 5.74) is 2.13. The van der Waals surface area contributed by atoms with Gasteiger partial charge in [0.2, 0.25) is 5.91 Å². The van der Waals surface area contributed by atoms with Gasteiger partial charge in [0.05, 0.1) is 12.2 Å². The third kappa shape index (κ3) is 6.42. The number of ether oxygens (including phenoxy) is 1. The summed E-state index contributed by atoms with van der Waals surface area (Å²) in [6.45, 7) is 4.98. The van der Waals surface area contributed by atoms with E-state index in [2.05, 4.69) is 10.6 Å². The van der Waals surface area contributed by atoms with Gasteiger partial charge in [-0.05, 0) is 69.3 Å². The Morgan fingerprint density at radius 1 is 0.828 bits per heavy atom. The minimum Gasteiger partial charge on any atom is -0.462 e. The average molecular weight is 394 g/mol. The van der Waals surface area contributed by atoms with Crippen LogP contribution >= 0.6 is 0 Å². The summed E-state index contributed by atoms with van der Waals surface area (Å²) >= 11 is 0. The summed E-state index contributed by atoms with van der Waals surface area (Å²) in [6, 6.07) is 12.7. The first-order valence-electron chi connectivity index (χ1n) is 8.99. The molecule has 2 aromatic carbocycles. The Labute approximate surface area is 168 Å². The van der Waals surface area contributed by atoms with Crippen LogP contribution in [0.3, 0.4) is 0 Å². The van der Waals surface area contributed by atoms with E-state index in [0.29, 0.717) is 22.5 Å². The number of ketones is 1. The number of hydrogen-bond donors (Lipinski definition) is 2. The number of rotatable bonds is 7. The predicted molar refractivity (Wildman–Crippen MR) is 110 cm³/mol. The van der Waals surface area contributed by atoms with Crippen LogP contribution in [-0.4, -0.2) is 30.2 Å². The third-order valence-electron chi connectivity index (χ3n) is 3.92. The molecule has 0 aliphatic carbocycles. The normalized spacial score (nSPS) is 10.8. The first-order chi connectivity index (χ1) is 13.8. The van der Waals surface area contributed by atoms with Crippen molar-refractivity contribution in [3.63, 3.8) is 0 Å². The number of carbonyl (C=O) groups excluding carboxylic acids is 4. The second-order valence-electron chi connectivity index (χ2n) is 6.20. The smallest absolute Gasteiger partial charge is 0.338 e. The van der Waals surface area contributed by atoms with Gasteiger partial charge in [-0.1, -0.05) is 0 Å². The van der Waals surface area contributed by atoms with Gasteiger partial charge in [0, 0.05) is 28.6 Å². The Morgan fingerprint density at radius 2 is 1.34 bits per heavy atom. The minimum absolute atomic E-state index is 0.0643. The van der Waals surface area contributed by atoms with Crippen LogP contribution in [0.4, 0.5) is 11.4 Å². The van der Waals surface area contributed by atoms with Crippen LogP contribution in [-0.2, 0) is 14.3 Å². The van der Waals surface area contributed by atoms with Gasteiger partial charge in [0.15, 0.2) is 5.78 Å². The summed E-state index contributed by atoms with van der Waals surface area (Å²) in [6.07, 6.45) is 1.18. The van der Waals surface area contributed by atoms with E-state index >= 15 is 0 Å². The third-order valence-corrected chi connectivity index (χ3v) is 3.92. The lowest BCUT2D eigenvalue weighted by molar-refractivity contribution is -0.114. The molecule has 0 saturated heterocycles. The lowest BCUT2D eigenvalue weighted by atomic mass is 10.1. The molecule has 0 heterocycles. The van der Waals surface area contributed by atoms with E-state index in [-0.39, 0.29) is 18.0 Å². The van der Waals surface area contributed by atoms with E-state index < -0.39 is 17.8 Å². The van der Waals surface area contributed by atoms with Gasteiger partial charge in [0.25, 0.3) is 5.91 Å². The highest BCUT2D eigenvalue weighted by Crippen LogP contribution is 2.13. The molecule has 7 heteroatoms. The van der Waals surface area contributed by atoms with Crippen molar-refractivity contribution in [1.29, 1.82) is 0 Å². The van der Waals surface area contributed by atoms with Crippen molar-refractivity contribution >= 4 is 34.9 Å². The van der Waals surface area contributed by atoms with Gasteiger partial charge in [-0.25, -0.2) is 4.79 Å². The lowest BCUT2D eigenvalue weighted by Crippen LogP contribution is -2.16. The zero-order valence-electron chi connectivity index (χ0n) is 16.4. The average Bonchev–Trinajstić information content (AvgIpc) is 2.69. The number of carbonyl (C=O) groups is 4. The van der Waals surface area contributed by atoms with E-state index in [4.69, 9.17) is 4.74 Å². The van der Waals surface area contributed by atoms with Gasteiger partial charge < -0.3 is 15.4 Å². The van der Waals surface area contributed by atoms with Crippen molar-refractivity contribution in [2.24, 2.45) is 0 Å². The van der Waals surface area contributed by atoms with Crippen LogP contribution in [0.2, 0.25) is 0 Å². The highest BCUT2D eigenvalue weighted by atomic mass is 16.5. The van der Waals surface area contributed by atoms with Crippen molar-refractivity contribution in [3.8, 4) is 0 Å². The van der Waals surface area contributed by atoms with Gasteiger partial charge in [-0.15, -0.1) is 0 Å². The second-order valence-corrected chi connectivity index (χ2v) is 6.20. The predicted octanol–water partition coefficient (Wildman–Crippen LogP) is 3.59. The van der Waals surface area contributed by atoms with E-state index in [9.17, 15) is 19.2 Å². The molecule has 0 radical (unpaired) electrons. The Kier molecular flexibility index (Phi) is 7.42. The van der Waals surface area contributed by atoms with Crippen LogP contribution in [0.1, 0.15) is 41.5 Å². The molecule has 0 aliphatic heterocycles. The number of nitrogens with one attached hydrogen (secondary N) is 2. The molecule has 0 atom stereocenters. The molecule has 0 aliphatic rings. The fourth-order valence-corrected chi connectivity index (χ4v) is 2.36. The van der Waals surface area contributed by atoms with Crippen molar-refractivity contribution in [2.75, 3.05) is 17.2 Å². The van der Waals surface area contributed by atoms with Crippen molar-refractivity contribution in [2.45, 2.75) is 20.8 Å². The van der Waals surface area contributed by atoms with E-state index in [1.807, 2.05) is 0 Å². The first kappa shape index (κ1) is 21.6. The maximum Gasteiger partial charge on any atom is 0.338 e. The number of hydrogen-bond acceptors (Lipinski definition) is 5. The molecule has 7 nitrogen and oxygen atoms in total. The molecule has 2 aromatic rings. The monoisotopic (exact) mass is 394 g/mol. The van der Waals surface area contributed by atoms with Crippen LogP contribution in [0.5, 0.6) is 0 Å². The van der Waals surface area contributed by atoms with Gasteiger partial charge in [0.1, 0.15) is 0 Å². The van der Waals surface area contributed by atoms with Crippen molar-refractivity contribution in [1.82, 2.24) is 0 Å². The quantitative estimate of drug-likeness (QED) is 0.425. The van der Waals surface area contributed by atoms with Gasteiger partial charge in [-0.3, -0.25) is 14.4 Å². The maximum atomic E-state index is 12.3. The minimum atomic E-state index is -0.467. The van der Waals surface area contributed by atoms with Gasteiger partial charge >= 0.3 is 5.97 Å². The zero-order valence-corrected chi connectivity index (χ0v) is 16.4. The molecule has 0 bridgehead atoms. The molecule has 2 rings (SSSR count). The zero-order chi connectivity index (χ0) is 21.4. The molecule has 2 N–H and O–H groups in total. The van der Waals surface area contributed by atoms with Crippen molar-refractivity contribution < 1.29 is 23.9 Å². The molecule has 0 fully saturated rings. The van der Waals surface area contributed by atoms with Crippen molar-refractivity contribution in [3.05, 3.63) is 71.3 Å². The number of amides is 2. The van der Waals surface area contributed by atoms with Crippen LogP contribution < -0.4 is 10.6 Å². The topological polar surface area (TPSA) is 102 Å². The molecular formula is C22H22N2O5. The highest BCUT2D eigenvalue weighted by molar-refractivity contribution is 6.10. The van der Waals surface area contributed by atoms with Gasteiger partial charge in [-0.2, -0.15) is 0 Å². The molecule has 0 unspecified atom stereocenters. The summed E-state index contributed by atoms with van der Waals surface area (Å²) in [5.74, 6) is -1.41. The molecule has 29 heavy (non-hydrogen) atoms. The number of esters is 1. The number of Topliss-reactive ketones (excluding diaryl/α,β-unsaturated/α-hetero) is 1. The molecular weight excluding hydrogens is 372 g/mol. The second kappa shape index (κ2) is 9.98. The summed E-state index contributed by atoms with van der Waals surface area (Å²) in [7, 11) is 0. The van der Waals surface area contributed by atoms with E-state index in [1.54, 1.807) is 55.5 Å².